The molecule has 0 spiro atoms. The third kappa shape index (κ3) is 3.77. The zero-order valence-corrected chi connectivity index (χ0v) is 20.5. The molecule has 3 heteroatoms. The molecule has 3 saturated carbocycles. The van der Waals surface area contributed by atoms with Crippen molar-refractivity contribution < 1.29 is 0 Å². The zero-order valence-electron chi connectivity index (χ0n) is 20.5. The van der Waals surface area contributed by atoms with Crippen molar-refractivity contribution in [3.05, 3.63) is 30.1 Å². The number of para-hydroxylation sites is 2. The van der Waals surface area contributed by atoms with Crippen molar-refractivity contribution >= 4 is 11.0 Å². The first-order valence-corrected chi connectivity index (χ1v) is 14.6. The van der Waals surface area contributed by atoms with Crippen LogP contribution in [0.25, 0.3) is 11.0 Å². The van der Waals surface area contributed by atoms with Crippen molar-refractivity contribution in [2.45, 2.75) is 133 Å². The van der Waals surface area contributed by atoms with Crippen LogP contribution in [0, 0.1) is 11.8 Å². The summed E-state index contributed by atoms with van der Waals surface area (Å²) in [5.41, 5.74) is 2.66. The minimum atomic E-state index is 0.658. The van der Waals surface area contributed by atoms with Gasteiger partial charge in [0, 0.05) is 30.1 Å². The number of benzene rings is 1. The van der Waals surface area contributed by atoms with E-state index in [1.165, 1.54) is 113 Å². The van der Waals surface area contributed by atoms with Gasteiger partial charge in [0.1, 0.15) is 5.82 Å². The summed E-state index contributed by atoms with van der Waals surface area (Å²) in [7, 11) is 0. The van der Waals surface area contributed by atoms with Gasteiger partial charge in [-0.1, -0.05) is 57.1 Å². The molecule has 1 aromatic heterocycles. The fraction of sp³-hybridized carbons (Fsp3) is 0.767. The molecule has 2 saturated heterocycles. The third-order valence-electron chi connectivity index (χ3n) is 10.5. The summed E-state index contributed by atoms with van der Waals surface area (Å²) in [6.45, 7) is 0. The van der Waals surface area contributed by atoms with Crippen LogP contribution in [0.2, 0.25) is 0 Å². The summed E-state index contributed by atoms with van der Waals surface area (Å²) in [4.78, 5) is 8.39. The number of imidazole rings is 1. The van der Waals surface area contributed by atoms with Crippen molar-refractivity contribution in [2.24, 2.45) is 11.8 Å². The summed E-state index contributed by atoms with van der Waals surface area (Å²) in [6.07, 6.45) is 23.1. The second-order valence-corrected chi connectivity index (χ2v) is 12.5. The number of piperidine rings is 2. The maximum atomic E-state index is 5.27. The molecule has 6 atom stereocenters. The summed E-state index contributed by atoms with van der Waals surface area (Å²) >= 11 is 0. The standard InChI is InChI=1S/C30H43N3/c1-2-9-22-16-21(8-1)17-26(18-22)32-24-12-7-13-25(32)20-27(19-24)33-29-15-6-5-14-28(29)31-30(33)23-10-3-4-11-23/h5-6,14-15,21-27H,1-4,7-13,16-20H2/t21-,22+,24-,25+,26?,27?. The Balaban J connectivity index is 1.19. The van der Waals surface area contributed by atoms with Gasteiger partial charge >= 0.3 is 0 Å². The molecular formula is C30H43N3. The molecular weight excluding hydrogens is 402 g/mol. The summed E-state index contributed by atoms with van der Waals surface area (Å²) in [5.74, 6) is 4.19. The van der Waals surface area contributed by atoms with Gasteiger partial charge in [-0.25, -0.2) is 4.98 Å². The highest BCUT2D eigenvalue weighted by atomic mass is 15.3. The fourth-order valence-electron chi connectivity index (χ4n) is 9.23. The Morgan fingerprint density at radius 3 is 2.00 bits per heavy atom. The third-order valence-corrected chi connectivity index (χ3v) is 10.5. The average Bonchev–Trinajstić information content (AvgIpc) is 3.45. The lowest BCUT2D eigenvalue weighted by atomic mass is 9.73. The highest BCUT2D eigenvalue weighted by molar-refractivity contribution is 5.76. The summed E-state index contributed by atoms with van der Waals surface area (Å²) < 4.78 is 2.77. The van der Waals surface area contributed by atoms with Gasteiger partial charge < -0.3 is 4.57 Å². The van der Waals surface area contributed by atoms with E-state index in [2.05, 4.69) is 33.7 Å². The van der Waals surface area contributed by atoms with Gasteiger partial charge in [0.2, 0.25) is 0 Å². The van der Waals surface area contributed by atoms with E-state index in [-0.39, 0.29) is 0 Å². The molecule has 7 rings (SSSR count). The minimum absolute atomic E-state index is 0.658. The van der Waals surface area contributed by atoms with Gasteiger partial charge in [0.25, 0.3) is 0 Å². The normalized spacial score (nSPS) is 37.9. The molecule has 178 valence electrons. The second-order valence-electron chi connectivity index (χ2n) is 12.5. The first kappa shape index (κ1) is 21.0. The van der Waals surface area contributed by atoms with Crippen LogP contribution in [0.15, 0.2) is 24.3 Å². The molecule has 2 unspecified atom stereocenters. The second kappa shape index (κ2) is 8.70. The quantitative estimate of drug-likeness (QED) is 0.485. The molecule has 2 aromatic rings. The molecule has 2 aliphatic heterocycles. The van der Waals surface area contributed by atoms with Crippen LogP contribution in [0.3, 0.4) is 0 Å². The fourth-order valence-corrected chi connectivity index (χ4v) is 9.23. The van der Waals surface area contributed by atoms with Crippen molar-refractivity contribution in [3.8, 4) is 0 Å². The van der Waals surface area contributed by atoms with E-state index in [1.54, 1.807) is 6.42 Å². The predicted molar refractivity (Wildman–Crippen MR) is 136 cm³/mol. The molecule has 5 fully saturated rings. The first-order chi connectivity index (χ1) is 16.3. The number of hydrogen-bond donors (Lipinski definition) is 0. The van der Waals surface area contributed by atoms with E-state index in [0.717, 1.165) is 30.0 Å². The molecule has 3 aliphatic carbocycles. The van der Waals surface area contributed by atoms with E-state index in [9.17, 15) is 0 Å². The number of rotatable bonds is 3. The summed E-state index contributed by atoms with van der Waals surface area (Å²) in [6, 6.07) is 12.2. The van der Waals surface area contributed by atoms with Gasteiger partial charge in [-0.2, -0.15) is 0 Å². The minimum Gasteiger partial charge on any atom is -0.325 e. The van der Waals surface area contributed by atoms with Gasteiger partial charge in [0.15, 0.2) is 0 Å². The van der Waals surface area contributed by atoms with E-state index < -0.39 is 0 Å². The Morgan fingerprint density at radius 2 is 1.27 bits per heavy atom. The number of fused-ring (bicyclic) bond motifs is 5. The zero-order chi connectivity index (χ0) is 21.8. The maximum absolute atomic E-state index is 5.27. The average molecular weight is 446 g/mol. The first-order valence-electron chi connectivity index (χ1n) is 14.6. The lowest BCUT2D eigenvalue weighted by Crippen LogP contribution is -2.58. The van der Waals surface area contributed by atoms with Crippen molar-refractivity contribution in [3.63, 3.8) is 0 Å². The van der Waals surface area contributed by atoms with Gasteiger partial charge in [-0.05, 0) is 81.8 Å². The Labute approximate surface area is 200 Å². The molecule has 0 amide bonds. The SMILES string of the molecule is c1ccc2c(c1)nc(C1CCCC1)n2C1C[C@H]2CCC[C@@H](C1)N2C1C[C@H]2CCCC[C@@H](C1)C2. The lowest BCUT2D eigenvalue weighted by molar-refractivity contribution is -0.0421. The monoisotopic (exact) mass is 445 g/mol. The van der Waals surface area contributed by atoms with Crippen LogP contribution < -0.4 is 0 Å². The van der Waals surface area contributed by atoms with E-state index in [4.69, 9.17) is 4.98 Å². The Kier molecular flexibility index (Phi) is 5.53. The maximum Gasteiger partial charge on any atom is 0.113 e. The molecule has 4 bridgehead atoms. The molecule has 5 aliphatic rings. The van der Waals surface area contributed by atoms with Crippen molar-refractivity contribution in [1.29, 1.82) is 0 Å². The van der Waals surface area contributed by atoms with Crippen molar-refractivity contribution in [2.75, 3.05) is 0 Å². The molecule has 3 nitrogen and oxygen atoms in total. The highest BCUT2D eigenvalue weighted by Crippen LogP contribution is 2.48. The van der Waals surface area contributed by atoms with E-state index >= 15 is 0 Å². The van der Waals surface area contributed by atoms with E-state index in [1.807, 2.05) is 0 Å². The molecule has 0 radical (unpaired) electrons. The molecule has 3 heterocycles. The van der Waals surface area contributed by atoms with Gasteiger partial charge in [-0.3, -0.25) is 4.90 Å². The van der Waals surface area contributed by atoms with Crippen LogP contribution in [0.4, 0.5) is 0 Å². The largest absolute Gasteiger partial charge is 0.325 e. The van der Waals surface area contributed by atoms with Gasteiger partial charge in [-0.15, -0.1) is 0 Å². The van der Waals surface area contributed by atoms with Crippen LogP contribution in [-0.4, -0.2) is 32.6 Å². The smallest absolute Gasteiger partial charge is 0.113 e. The van der Waals surface area contributed by atoms with Crippen molar-refractivity contribution in [1.82, 2.24) is 14.5 Å². The van der Waals surface area contributed by atoms with Crippen LogP contribution in [0.1, 0.15) is 121 Å². The lowest BCUT2D eigenvalue weighted by Gasteiger charge is -2.54. The number of nitrogens with zero attached hydrogens (tertiary/aromatic N) is 3. The highest BCUT2D eigenvalue weighted by Gasteiger charge is 2.45. The van der Waals surface area contributed by atoms with Crippen LogP contribution in [0.5, 0.6) is 0 Å². The Bertz CT molecular complexity index is 944. The topological polar surface area (TPSA) is 21.1 Å². The Hall–Kier alpha value is -1.35. The van der Waals surface area contributed by atoms with Crippen LogP contribution in [-0.2, 0) is 0 Å². The molecule has 1 aromatic carbocycles. The Morgan fingerprint density at radius 1 is 0.606 bits per heavy atom. The molecule has 0 N–H and O–H groups in total. The number of hydrogen-bond acceptors (Lipinski definition) is 2. The van der Waals surface area contributed by atoms with E-state index in [0.29, 0.717) is 12.0 Å². The van der Waals surface area contributed by atoms with Crippen LogP contribution >= 0.6 is 0 Å². The molecule has 33 heavy (non-hydrogen) atoms. The predicted octanol–water partition coefficient (Wildman–Crippen LogP) is 7.61. The summed E-state index contributed by atoms with van der Waals surface area (Å²) in [5, 5.41) is 0. The van der Waals surface area contributed by atoms with Gasteiger partial charge in [0.05, 0.1) is 11.0 Å². The number of aromatic nitrogens is 2.